The Balaban J connectivity index is 1.94. The molecule has 2 aromatic rings. The summed E-state index contributed by atoms with van der Waals surface area (Å²) in [4.78, 5) is 0. The average molecular weight is 304 g/mol. The van der Waals surface area contributed by atoms with Crippen LogP contribution in [0.3, 0.4) is 0 Å². The third-order valence-corrected chi connectivity index (χ3v) is 3.84. The molecule has 0 unspecified atom stereocenters. The molecule has 1 atom stereocenters. The first-order chi connectivity index (χ1) is 9.95. The lowest BCUT2D eigenvalue weighted by atomic mass is 10.1. The maximum Gasteiger partial charge on any atom is 0.122 e. The van der Waals surface area contributed by atoms with Gasteiger partial charge in [0.05, 0.1) is 6.54 Å². The zero-order chi connectivity index (χ0) is 15.4. The van der Waals surface area contributed by atoms with E-state index in [4.69, 9.17) is 16.3 Å². The molecule has 0 amide bonds. The number of anilines is 1. The molecule has 3 heteroatoms. The molecular formula is C18H22ClNO. The van der Waals surface area contributed by atoms with E-state index in [-0.39, 0.29) is 6.10 Å². The third-order valence-electron chi connectivity index (χ3n) is 3.44. The van der Waals surface area contributed by atoms with Crippen molar-refractivity contribution in [2.75, 3.05) is 11.9 Å². The Morgan fingerprint density at radius 1 is 1.05 bits per heavy atom. The third kappa shape index (κ3) is 4.40. The summed E-state index contributed by atoms with van der Waals surface area (Å²) in [5, 5.41) is 4.14. The van der Waals surface area contributed by atoms with Crippen LogP contribution in [0.15, 0.2) is 36.4 Å². The number of aryl methyl sites for hydroxylation is 3. The number of nitrogens with one attached hydrogen (secondary N) is 1. The Labute approximate surface area is 132 Å². The molecule has 0 radical (unpaired) electrons. The Morgan fingerprint density at radius 3 is 2.48 bits per heavy atom. The highest BCUT2D eigenvalue weighted by Crippen LogP contribution is 2.22. The fraction of sp³-hybridized carbons (Fsp3) is 0.333. The molecule has 2 aromatic carbocycles. The molecule has 0 spiro atoms. The van der Waals surface area contributed by atoms with Crippen molar-refractivity contribution in [1.29, 1.82) is 0 Å². The van der Waals surface area contributed by atoms with E-state index in [9.17, 15) is 0 Å². The van der Waals surface area contributed by atoms with E-state index in [0.29, 0.717) is 0 Å². The predicted octanol–water partition coefficient (Wildman–Crippen LogP) is 5.14. The zero-order valence-corrected chi connectivity index (χ0v) is 13.8. The number of hydrogen-bond acceptors (Lipinski definition) is 2. The van der Waals surface area contributed by atoms with Crippen molar-refractivity contribution < 1.29 is 4.74 Å². The number of hydrogen-bond donors (Lipinski definition) is 1. The van der Waals surface area contributed by atoms with Gasteiger partial charge in [0, 0.05) is 10.7 Å². The Bertz CT molecular complexity index is 625. The van der Waals surface area contributed by atoms with E-state index in [1.54, 1.807) is 0 Å². The van der Waals surface area contributed by atoms with Crippen LogP contribution in [-0.4, -0.2) is 12.6 Å². The Kier molecular flexibility index (Phi) is 5.13. The topological polar surface area (TPSA) is 21.3 Å². The van der Waals surface area contributed by atoms with E-state index in [0.717, 1.165) is 34.1 Å². The van der Waals surface area contributed by atoms with Crippen molar-refractivity contribution in [3.05, 3.63) is 58.1 Å². The molecule has 0 aromatic heterocycles. The summed E-state index contributed by atoms with van der Waals surface area (Å²) in [6.45, 7) is 8.92. The Morgan fingerprint density at radius 2 is 1.76 bits per heavy atom. The van der Waals surface area contributed by atoms with Crippen molar-refractivity contribution in [2.45, 2.75) is 33.8 Å². The first-order valence-corrected chi connectivity index (χ1v) is 7.57. The first-order valence-electron chi connectivity index (χ1n) is 7.19. The lowest BCUT2D eigenvalue weighted by molar-refractivity contribution is 0.233. The molecule has 2 rings (SSSR count). The number of rotatable bonds is 5. The fourth-order valence-corrected chi connectivity index (χ4v) is 2.24. The van der Waals surface area contributed by atoms with Crippen LogP contribution in [0.5, 0.6) is 5.75 Å². The summed E-state index contributed by atoms with van der Waals surface area (Å²) in [6, 6.07) is 12.3. The van der Waals surface area contributed by atoms with Crippen molar-refractivity contribution in [1.82, 2.24) is 0 Å². The number of halogens is 1. The Hall–Kier alpha value is -1.67. The fourth-order valence-electron chi connectivity index (χ4n) is 2.06. The van der Waals surface area contributed by atoms with Crippen LogP contribution in [0, 0.1) is 20.8 Å². The lowest BCUT2D eigenvalue weighted by Crippen LogP contribution is -2.23. The van der Waals surface area contributed by atoms with Gasteiger partial charge in [0.1, 0.15) is 11.9 Å². The molecule has 21 heavy (non-hydrogen) atoms. The second-order valence-corrected chi connectivity index (χ2v) is 5.95. The van der Waals surface area contributed by atoms with E-state index >= 15 is 0 Å². The summed E-state index contributed by atoms with van der Waals surface area (Å²) in [7, 11) is 0. The van der Waals surface area contributed by atoms with Gasteiger partial charge in [0.2, 0.25) is 0 Å². The maximum atomic E-state index is 6.13. The van der Waals surface area contributed by atoms with Gasteiger partial charge in [0.25, 0.3) is 0 Å². The van der Waals surface area contributed by atoms with Crippen LogP contribution in [0.4, 0.5) is 5.69 Å². The minimum absolute atomic E-state index is 0.0746. The molecule has 112 valence electrons. The minimum atomic E-state index is 0.0746. The highest BCUT2D eigenvalue weighted by molar-refractivity contribution is 6.31. The van der Waals surface area contributed by atoms with E-state index in [2.05, 4.69) is 44.3 Å². The van der Waals surface area contributed by atoms with Crippen LogP contribution < -0.4 is 10.1 Å². The molecule has 0 fully saturated rings. The molecule has 0 heterocycles. The lowest BCUT2D eigenvalue weighted by Gasteiger charge is -2.18. The van der Waals surface area contributed by atoms with Crippen molar-refractivity contribution in [3.63, 3.8) is 0 Å². The SMILES string of the molecule is Cc1ccc(C)c(O[C@@H](C)CNc2ccc(C)c(Cl)c2)c1. The second kappa shape index (κ2) is 6.86. The van der Waals surface area contributed by atoms with Crippen LogP contribution in [-0.2, 0) is 0 Å². The summed E-state index contributed by atoms with van der Waals surface area (Å²) in [5.74, 6) is 0.950. The van der Waals surface area contributed by atoms with Gasteiger partial charge in [-0.3, -0.25) is 0 Å². The second-order valence-electron chi connectivity index (χ2n) is 5.54. The van der Waals surface area contributed by atoms with Gasteiger partial charge in [-0.05, 0) is 62.6 Å². The number of benzene rings is 2. The minimum Gasteiger partial charge on any atom is -0.489 e. The smallest absolute Gasteiger partial charge is 0.122 e. The quantitative estimate of drug-likeness (QED) is 0.825. The largest absolute Gasteiger partial charge is 0.489 e. The van der Waals surface area contributed by atoms with E-state index in [1.165, 1.54) is 5.56 Å². The van der Waals surface area contributed by atoms with Crippen molar-refractivity contribution >= 4 is 17.3 Å². The summed E-state index contributed by atoms with van der Waals surface area (Å²) >= 11 is 6.13. The van der Waals surface area contributed by atoms with Gasteiger partial charge in [0.15, 0.2) is 0 Å². The van der Waals surface area contributed by atoms with Crippen LogP contribution in [0.1, 0.15) is 23.6 Å². The first kappa shape index (κ1) is 15.7. The monoisotopic (exact) mass is 303 g/mol. The predicted molar refractivity (Wildman–Crippen MR) is 90.7 cm³/mol. The average Bonchev–Trinajstić information content (AvgIpc) is 2.44. The van der Waals surface area contributed by atoms with Gasteiger partial charge in [-0.25, -0.2) is 0 Å². The van der Waals surface area contributed by atoms with Crippen molar-refractivity contribution in [3.8, 4) is 5.75 Å². The molecule has 1 N–H and O–H groups in total. The van der Waals surface area contributed by atoms with Crippen LogP contribution in [0.25, 0.3) is 0 Å². The van der Waals surface area contributed by atoms with E-state index in [1.807, 2.05) is 25.1 Å². The molecule has 0 aliphatic heterocycles. The summed E-state index contributed by atoms with van der Waals surface area (Å²) in [6.07, 6.45) is 0.0746. The highest BCUT2D eigenvalue weighted by atomic mass is 35.5. The van der Waals surface area contributed by atoms with Gasteiger partial charge >= 0.3 is 0 Å². The normalized spacial score (nSPS) is 12.0. The molecule has 0 aliphatic carbocycles. The number of ether oxygens (including phenoxy) is 1. The van der Waals surface area contributed by atoms with Crippen LogP contribution >= 0.6 is 11.6 Å². The summed E-state index contributed by atoms with van der Waals surface area (Å²) < 4.78 is 6.01. The van der Waals surface area contributed by atoms with Crippen LogP contribution in [0.2, 0.25) is 5.02 Å². The standard InChI is InChI=1S/C18H22ClNO/c1-12-5-6-14(3)18(9-12)21-15(4)11-20-16-8-7-13(2)17(19)10-16/h5-10,15,20H,11H2,1-4H3/t15-/m0/s1. The molecular weight excluding hydrogens is 282 g/mol. The highest BCUT2D eigenvalue weighted by Gasteiger charge is 2.07. The van der Waals surface area contributed by atoms with E-state index < -0.39 is 0 Å². The molecule has 2 nitrogen and oxygen atoms in total. The van der Waals surface area contributed by atoms with Gasteiger partial charge in [-0.15, -0.1) is 0 Å². The molecule has 0 aliphatic rings. The maximum absolute atomic E-state index is 6.13. The zero-order valence-electron chi connectivity index (χ0n) is 13.0. The molecule has 0 saturated heterocycles. The summed E-state index contributed by atoms with van der Waals surface area (Å²) in [5.41, 5.74) is 4.47. The van der Waals surface area contributed by atoms with Gasteiger partial charge in [-0.1, -0.05) is 29.8 Å². The van der Waals surface area contributed by atoms with Gasteiger partial charge < -0.3 is 10.1 Å². The van der Waals surface area contributed by atoms with Gasteiger partial charge in [-0.2, -0.15) is 0 Å². The molecule has 0 bridgehead atoms. The van der Waals surface area contributed by atoms with Crippen molar-refractivity contribution in [2.24, 2.45) is 0 Å². The molecule has 0 saturated carbocycles.